The molecule has 1 amide bonds. The van der Waals surface area contributed by atoms with Crippen LogP contribution in [0.3, 0.4) is 0 Å². The van der Waals surface area contributed by atoms with E-state index in [9.17, 15) is 4.79 Å². The van der Waals surface area contributed by atoms with Gasteiger partial charge in [-0.1, -0.05) is 23.7 Å². The van der Waals surface area contributed by atoms with Gasteiger partial charge >= 0.3 is 0 Å². The van der Waals surface area contributed by atoms with Gasteiger partial charge in [0.05, 0.1) is 17.2 Å². The van der Waals surface area contributed by atoms with Crippen molar-refractivity contribution in [2.75, 3.05) is 0 Å². The summed E-state index contributed by atoms with van der Waals surface area (Å²) < 4.78 is 5.73. The number of aryl methyl sites for hydroxylation is 1. The highest BCUT2D eigenvalue weighted by Crippen LogP contribution is 2.33. The van der Waals surface area contributed by atoms with Crippen molar-refractivity contribution in [1.82, 2.24) is 10.3 Å². The van der Waals surface area contributed by atoms with E-state index in [0.29, 0.717) is 17.9 Å². The molecule has 1 aliphatic rings. The molecule has 0 fully saturated rings. The van der Waals surface area contributed by atoms with Crippen molar-refractivity contribution in [3.05, 3.63) is 80.8 Å². The minimum absolute atomic E-state index is 0.0225. The van der Waals surface area contributed by atoms with Gasteiger partial charge < -0.3 is 10.1 Å². The molecular formula is C20H17ClN2O2S. The van der Waals surface area contributed by atoms with Gasteiger partial charge in [0.2, 0.25) is 0 Å². The second kappa shape index (κ2) is 7.48. The molecule has 1 atom stereocenters. The number of nitrogens with one attached hydrogen (secondary N) is 1. The number of rotatable bonds is 5. The van der Waals surface area contributed by atoms with Crippen LogP contribution in [0.2, 0.25) is 5.02 Å². The lowest BCUT2D eigenvalue weighted by Crippen LogP contribution is -2.27. The highest BCUT2D eigenvalue weighted by molar-refractivity contribution is 7.07. The van der Waals surface area contributed by atoms with Gasteiger partial charge in [0.1, 0.15) is 12.4 Å². The molecular weight excluding hydrogens is 368 g/mol. The van der Waals surface area contributed by atoms with Gasteiger partial charge in [0, 0.05) is 16.0 Å². The van der Waals surface area contributed by atoms with E-state index < -0.39 is 0 Å². The van der Waals surface area contributed by atoms with Gasteiger partial charge in [-0.2, -0.15) is 0 Å². The van der Waals surface area contributed by atoms with Crippen LogP contribution in [-0.2, 0) is 13.0 Å². The Morgan fingerprint density at radius 1 is 1.31 bits per heavy atom. The average molecular weight is 385 g/mol. The van der Waals surface area contributed by atoms with E-state index in [1.807, 2.05) is 35.7 Å². The molecule has 132 valence electrons. The van der Waals surface area contributed by atoms with E-state index in [-0.39, 0.29) is 11.9 Å². The van der Waals surface area contributed by atoms with Crippen molar-refractivity contribution in [3.8, 4) is 5.75 Å². The first-order valence-corrected chi connectivity index (χ1v) is 9.70. The Morgan fingerprint density at radius 2 is 2.23 bits per heavy atom. The number of benzene rings is 2. The molecule has 0 spiro atoms. The first-order valence-electron chi connectivity index (χ1n) is 8.38. The Labute approximate surface area is 160 Å². The number of ether oxygens (including phenoxy) is 1. The van der Waals surface area contributed by atoms with E-state index in [1.54, 1.807) is 17.6 Å². The van der Waals surface area contributed by atoms with Gasteiger partial charge in [-0.25, -0.2) is 4.98 Å². The molecule has 1 unspecified atom stereocenters. The molecule has 6 heteroatoms. The number of thiazole rings is 1. The summed E-state index contributed by atoms with van der Waals surface area (Å²) in [6, 6.07) is 13.1. The Kier molecular flexibility index (Phi) is 4.91. The van der Waals surface area contributed by atoms with Crippen LogP contribution < -0.4 is 10.1 Å². The smallest absolute Gasteiger partial charge is 0.251 e. The molecule has 1 aliphatic carbocycles. The average Bonchev–Trinajstić information content (AvgIpc) is 3.30. The largest absolute Gasteiger partial charge is 0.487 e. The molecule has 4 nitrogen and oxygen atoms in total. The lowest BCUT2D eigenvalue weighted by atomic mass is 10.1. The Balaban J connectivity index is 1.43. The summed E-state index contributed by atoms with van der Waals surface area (Å²) in [5, 5.41) is 5.80. The van der Waals surface area contributed by atoms with Crippen molar-refractivity contribution in [2.45, 2.75) is 25.5 Å². The van der Waals surface area contributed by atoms with Crippen LogP contribution in [0.25, 0.3) is 0 Å². The second-order valence-electron chi connectivity index (χ2n) is 6.20. The predicted octanol–water partition coefficient (Wildman–Crippen LogP) is 4.79. The number of amides is 1. The molecule has 26 heavy (non-hydrogen) atoms. The first kappa shape index (κ1) is 17.1. The van der Waals surface area contributed by atoms with Gasteiger partial charge in [-0.15, -0.1) is 11.3 Å². The van der Waals surface area contributed by atoms with Gasteiger partial charge in [0.15, 0.2) is 0 Å². The third-order valence-corrected chi connectivity index (χ3v) is 5.32. The van der Waals surface area contributed by atoms with Crippen molar-refractivity contribution >= 4 is 28.8 Å². The fourth-order valence-electron chi connectivity index (χ4n) is 3.17. The molecule has 1 heterocycles. The van der Waals surface area contributed by atoms with E-state index in [2.05, 4.69) is 10.3 Å². The number of aromatic nitrogens is 1. The molecule has 0 bridgehead atoms. The van der Waals surface area contributed by atoms with Crippen LogP contribution >= 0.6 is 22.9 Å². The minimum atomic E-state index is -0.100. The summed E-state index contributed by atoms with van der Waals surface area (Å²) in [4.78, 5) is 16.8. The number of halogens is 1. The molecule has 3 aromatic rings. The SMILES string of the molecule is O=C(NC1CCc2cc(Cl)ccc21)c1cccc(OCc2cscn2)c1. The lowest BCUT2D eigenvalue weighted by molar-refractivity contribution is 0.0936. The Bertz CT molecular complexity index is 927. The number of hydrogen-bond acceptors (Lipinski definition) is 4. The molecule has 2 aromatic carbocycles. The normalized spacial score (nSPS) is 15.5. The molecule has 0 aliphatic heterocycles. The fraction of sp³-hybridized carbons (Fsp3) is 0.200. The molecule has 1 N–H and O–H groups in total. The van der Waals surface area contributed by atoms with Gasteiger partial charge in [-0.3, -0.25) is 4.79 Å². The van der Waals surface area contributed by atoms with Crippen molar-refractivity contribution in [3.63, 3.8) is 0 Å². The maximum atomic E-state index is 12.7. The molecule has 0 saturated heterocycles. The third-order valence-electron chi connectivity index (χ3n) is 4.45. The summed E-state index contributed by atoms with van der Waals surface area (Å²) in [6.07, 6.45) is 1.82. The molecule has 0 saturated carbocycles. The lowest BCUT2D eigenvalue weighted by Gasteiger charge is -2.15. The van der Waals surface area contributed by atoms with Gasteiger partial charge in [0.25, 0.3) is 5.91 Å². The summed E-state index contributed by atoms with van der Waals surface area (Å²) in [7, 11) is 0. The fourth-order valence-corrected chi connectivity index (χ4v) is 3.91. The van der Waals surface area contributed by atoms with E-state index in [4.69, 9.17) is 16.3 Å². The first-order chi connectivity index (χ1) is 12.7. The molecule has 4 rings (SSSR count). The number of hydrogen-bond donors (Lipinski definition) is 1. The van der Waals surface area contributed by atoms with E-state index in [1.165, 1.54) is 16.9 Å². The maximum absolute atomic E-state index is 12.7. The predicted molar refractivity (Wildman–Crippen MR) is 103 cm³/mol. The van der Waals surface area contributed by atoms with Crippen molar-refractivity contribution < 1.29 is 9.53 Å². The number of fused-ring (bicyclic) bond motifs is 1. The van der Waals surface area contributed by atoms with Crippen molar-refractivity contribution in [1.29, 1.82) is 0 Å². The monoisotopic (exact) mass is 384 g/mol. The topological polar surface area (TPSA) is 51.2 Å². The zero-order valence-corrected chi connectivity index (χ0v) is 15.5. The summed E-state index contributed by atoms with van der Waals surface area (Å²) >= 11 is 7.58. The zero-order valence-electron chi connectivity index (χ0n) is 13.9. The number of nitrogens with zero attached hydrogens (tertiary/aromatic N) is 1. The summed E-state index contributed by atoms with van der Waals surface area (Å²) in [5.41, 5.74) is 5.60. The summed E-state index contributed by atoms with van der Waals surface area (Å²) in [5.74, 6) is 0.557. The quantitative estimate of drug-likeness (QED) is 0.687. The van der Waals surface area contributed by atoms with E-state index >= 15 is 0 Å². The van der Waals surface area contributed by atoms with Crippen LogP contribution in [0.4, 0.5) is 0 Å². The van der Waals surface area contributed by atoms with Crippen LogP contribution in [-0.4, -0.2) is 10.9 Å². The third kappa shape index (κ3) is 3.74. The summed E-state index contributed by atoms with van der Waals surface area (Å²) in [6.45, 7) is 0.394. The van der Waals surface area contributed by atoms with Crippen LogP contribution in [0.15, 0.2) is 53.4 Å². The molecule has 1 aromatic heterocycles. The zero-order chi connectivity index (χ0) is 17.9. The van der Waals surface area contributed by atoms with Gasteiger partial charge in [-0.05, 0) is 54.3 Å². The second-order valence-corrected chi connectivity index (χ2v) is 7.36. The van der Waals surface area contributed by atoms with Crippen molar-refractivity contribution in [2.24, 2.45) is 0 Å². The Hall–Kier alpha value is -2.37. The van der Waals surface area contributed by atoms with E-state index in [0.717, 1.165) is 29.1 Å². The standard InChI is InChI=1S/C20H17ClN2O2S/c21-15-5-6-18-13(8-15)4-7-19(18)23-20(24)14-2-1-3-17(9-14)25-10-16-11-26-12-22-16/h1-3,5-6,8-9,11-12,19H,4,7,10H2,(H,23,24). The number of carbonyl (C=O) groups is 1. The van der Waals surface area contributed by atoms with Crippen LogP contribution in [0.5, 0.6) is 5.75 Å². The number of carbonyl (C=O) groups excluding carboxylic acids is 1. The highest BCUT2D eigenvalue weighted by Gasteiger charge is 2.24. The Morgan fingerprint density at radius 3 is 3.08 bits per heavy atom. The minimum Gasteiger partial charge on any atom is -0.487 e. The molecule has 0 radical (unpaired) electrons. The van der Waals surface area contributed by atoms with Crippen LogP contribution in [0.1, 0.15) is 39.6 Å². The maximum Gasteiger partial charge on any atom is 0.251 e. The van der Waals surface area contributed by atoms with Crippen LogP contribution in [0, 0.1) is 0 Å². The highest BCUT2D eigenvalue weighted by atomic mass is 35.5.